The third-order valence-corrected chi connectivity index (χ3v) is 4.15. The maximum absolute atomic E-state index is 12.5. The summed E-state index contributed by atoms with van der Waals surface area (Å²) in [4.78, 5) is 15.2. The molecule has 22 heavy (non-hydrogen) atoms. The van der Waals surface area contributed by atoms with E-state index in [1.807, 2.05) is 7.05 Å². The van der Waals surface area contributed by atoms with Crippen molar-refractivity contribution in [3.8, 4) is 0 Å². The smallest absolute Gasteiger partial charge is 0.427 e. The first-order valence-corrected chi connectivity index (χ1v) is 7.21. The van der Waals surface area contributed by atoms with E-state index in [-0.39, 0.29) is 18.7 Å². The van der Waals surface area contributed by atoms with E-state index in [1.54, 1.807) is 0 Å². The van der Waals surface area contributed by atoms with Crippen molar-refractivity contribution >= 4 is 6.09 Å². The van der Waals surface area contributed by atoms with Crippen molar-refractivity contribution in [3.63, 3.8) is 0 Å². The van der Waals surface area contributed by atoms with Gasteiger partial charge in [0.25, 0.3) is 0 Å². The van der Waals surface area contributed by atoms with Gasteiger partial charge in [0.05, 0.1) is 18.8 Å². The maximum atomic E-state index is 12.5. The van der Waals surface area contributed by atoms with E-state index in [9.17, 15) is 18.0 Å². The molecule has 0 aliphatic carbocycles. The Kier molecular flexibility index (Phi) is 5.18. The van der Waals surface area contributed by atoms with Crippen molar-refractivity contribution in [2.75, 3.05) is 46.4 Å². The molecule has 2 aliphatic heterocycles. The molecule has 1 amide bonds. The Hall–Kier alpha value is -1.06. The van der Waals surface area contributed by atoms with Gasteiger partial charge in [-0.1, -0.05) is 0 Å². The van der Waals surface area contributed by atoms with Crippen LogP contribution in [-0.2, 0) is 9.47 Å². The largest absolute Gasteiger partial charge is 0.434 e. The van der Waals surface area contributed by atoms with Crippen molar-refractivity contribution in [3.05, 3.63) is 0 Å². The molecule has 1 spiro atoms. The monoisotopic (exact) mass is 326 g/mol. The van der Waals surface area contributed by atoms with E-state index < -0.39 is 25.0 Å². The number of hydrogen-bond donors (Lipinski definition) is 1. The van der Waals surface area contributed by atoms with Crippen LogP contribution in [0.4, 0.5) is 18.0 Å². The summed E-state index contributed by atoms with van der Waals surface area (Å²) in [6.07, 6.45) is -7.18. The van der Waals surface area contributed by atoms with Gasteiger partial charge in [-0.15, -0.1) is 0 Å². The fraction of sp³-hybridized carbons (Fsp3) is 0.923. The lowest BCUT2D eigenvalue weighted by Gasteiger charge is -2.46. The fourth-order valence-corrected chi connectivity index (χ4v) is 2.84. The van der Waals surface area contributed by atoms with Crippen LogP contribution in [0.5, 0.6) is 0 Å². The van der Waals surface area contributed by atoms with Crippen LogP contribution in [0, 0.1) is 0 Å². The summed E-state index contributed by atoms with van der Waals surface area (Å²) in [5.74, 6) is 0. The summed E-state index contributed by atoms with van der Waals surface area (Å²) < 4.78 is 47.7. The number of carbonyl (C=O) groups is 1. The Bertz CT molecular complexity index is 397. The molecule has 2 fully saturated rings. The lowest BCUT2D eigenvalue weighted by Crippen LogP contribution is -2.57. The molecule has 6 nitrogen and oxygen atoms in total. The number of halogens is 3. The Morgan fingerprint density at radius 1 is 1.36 bits per heavy atom. The number of aliphatic hydroxyl groups excluding tert-OH is 1. The zero-order chi connectivity index (χ0) is 16.4. The first kappa shape index (κ1) is 17.3. The normalized spacial score (nSPS) is 24.3. The third kappa shape index (κ3) is 4.02. The minimum Gasteiger partial charge on any atom is -0.434 e. The number of hydrogen-bond acceptors (Lipinski definition) is 5. The highest BCUT2D eigenvalue weighted by molar-refractivity contribution is 5.68. The van der Waals surface area contributed by atoms with E-state index in [0.29, 0.717) is 19.4 Å². The van der Waals surface area contributed by atoms with E-state index in [2.05, 4.69) is 9.64 Å². The molecule has 0 aromatic carbocycles. The first-order valence-electron chi connectivity index (χ1n) is 7.21. The minimum atomic E-state index is -4.77. The van der Waals surface area contributed by atoms with Crippen molar-refractivity contribution in [2.24, 2.45) is 0 Å². The summed E-state index contributed by atoms with van der Waals surface area (Å²) in [7, 11) is 1.99. The molecule has 9 heteroatoms. The maximum Gasteiger partial charge on any atom is 0.427 e. The summed E-state index contributed by atoms with van der Waals surface area (Å²) >= 11 is 0. The average Bonchev–Trinajstić information content (AvgIpc) is 2.44. The lowest BCUT2D eigenvalue weighted by molar-refractivity contribution is -0.215. The molecule has 2 aliphatic rings. The number of morpholine rings is 1. The number of carbonyl (C=O) groups excluding carboxylic acids is 1. The highest BCUT2D eigenvalue weighted by Gasteiger charge is 2.45. The zero-order valence-electron chi connectivity index (χ0n) is 12.4. The molecular weight excluding hydrogens is 305 g/mol. The van der Waals surface area contributed by atoms with E-state index in [4.69, 9.17) is 9.84 Å². The van der Waals surface area contributed by atoms with Crippen molar-refractivity contribution < 1.29 is 32.5 Å². The third-order valence-electron chi connectivity index (χ3n) is 4.15. The Morgan fingerprint density at radius 2 is 2.00 bits per heavy atom. The van der Waals surface area contributed by atoms with Gasteiger partial charge < -0.3 is 24.4 Å². The number of likely N-dealkylation sites (N-methyl/N-ethyl adjacent to an activating group) is 1. The second-order valence-corrected chi connectivity index (χ2v) is 5.85. The number of rotatable bonds is 2. The molecule has 0 bridgehead atoms. The molecular formula is C13H21F3N2O4. The molecule has 0 aromatic heterocycles. The Morgan fingerprint density at radius 3 is 2.50 bits per heavy atom. The molecule has 0 saturated carbocycles. The second-order valence-electron chi connectivity index (χ2n) is 5.85. The molecule has 128 valence electrons. The molecule has 1 atom stereocenters. The summed E-state index contributed by atoms with van der Waals surface area (Å²) in [6.45, 7) is 1.49. The van der Waals surface area contributed by atoms with Crippen LogP contribution >= 0.6 is 0 Å². The number of amides is 1. The highest BCUT2D eigenvalue weighted by atomic mass is 19.4. The van der Waals surface area contributed by atoms with Crippen LogP contribution in [0.3, 0.4) is 0 Å². The van der Waals surface area contributed by atoms with Crippen LogP contribution in [0.25, 0.3) is 0 Å². The predicted molar refractivity (Wildman–Crippen MR) is 70.4 cm³/mol. The average molecular weight is 326 g/mol. The number of nitrogens with zero attached hydrogens (tertiary/aromatic N) is 2. The van der Waals surface area contributed by atoms with E-state index in [0.717, 1.165) is 13.1 Å². The molecule has 0 aromatic rings. The SMILES string of the molecule is CN1CCOC2(CCN(C(=O)O[C@H](CO)C(F)(F)F)CC2)C1. The number of alkyl halides is 3. The van der Waals surface area contributed by atoms with Gasteiger partial charge in [0.15, 0.2) is 0 Å². The van der Waals surface area contributed by atoms with Crippen LogP contribution in [0.15, 0.2) is 0 Å². The fourth-order valence-electron chi connectivity index (χ4n) is 2.84. The van der Waals surface area contributed by atoms with E-state index in [1.165, 1.54) is 4.90 Å². The van der Waals surface area contributed by atoms with Crippen molar-refractivity contribution in [1.29, 1.82) is 0 Å². The number of likely N-dealkylation sites (tertiary alicyclic amines) is 1. The first-order chi connectivity index (χ1) is 10.3. The topological polar surface area (TPSA) is 62.2 Å². The van der Waals surface area contributed by atoms with Gasteiger partial charge in [0.2, 0.25) is 6.10 Å². The molecule has 0 unspecified atom stereocenters. The van der Waals surface area contributed by atoms with Crippen LogP contribution in [-0.4, -0.2) is 85.3 Å². The molecule has 2 rings (SSSR count). The number of aliphatic hydroxyl groups is 1. The highest BCUT2D eigenvalue weighted by Crippen LogP contribution is 2.30. The summed E-state index contributed by atoms with van der Waals surface area (Å²) in [5.41, 5.74) is -0.329. The van der Waals surface area contributed by atoms with Gasteiger partial charge in [-0.25, -0.2) is 4.79 Å². The van der Waals surface area contributed by atoms with Crippen LogP contribution < -0.4 is 0 Å². The Labute approximate surface area is 126 Å². The van der Waals surface area contributed by atoms with Gasteiger partial charge in [0.1, 0.15) is 0 Å². The molecule has 1 N–H and O–H groups in total. The van der Waals surface area contributed by atoms with Gasteiger partial charge in [-0.05, 0) is 19.9 Å². The summed E-state index contributed by atoms with van der Waals surface area (Å²) in [6, 6.07) is 0. The van der Waals surface area contributed by atoms with Gasteiger partial charge in [-0.3, -0.25) is 0 Å². The number of piperidine rings is 1. The van der Waals surface area contributed by atoms with Crippen LogP contribution in [0.2, 0.25) is 0 Å². The standard InChI is InChI=1S/C13H21F3N2O4/c1-17-6-7-21-12(9-17)2-4-18(5-3-12)11(20)22-10(8-19)13(14,15)16/h10,19H,2-9H2,1H3/t10-/m1/s1. The van der Waals surface area contributed by atoms with Crippen molar-refractivity contribution in [2.45, 2.75) is 30.7 Å². The Balaban J connectivity index is 1.87. The van der Waals surface area contributed by atoms with Crippen LogP contribution in [0.1, 0.15) is 12.8 Å². The predicted octanol–water partition coefficient (Wildman–Crippen LogP) is 0.843. The molecule has 2 saturated heterocycles. The quantitative estimate of drug-likeness (QED) is 0.815. The van der Waals surface area contributed by atoms with Crippen molar-refractivity contribution in [1.82, 2.24) is 9.80 Å². The van der Waals surface area contributed by atoms with E-state index >= 15 is 0 Å². The molecule has 0 radical (unpaired) electrons. The van der Waals surface area contributed by atoms with Gasteiger partial charge in [-0.2, -0.15) is 13.2 Å². The number of ether oxygens (including phenoxy) is 2. The second kappa shape index (κ2) is 6.59. The lowest BCUT2D eigenvalue weighted by atomic mass is 9.89. The minimum absolute atomic E-state index is 0.280. The van der Waals surface area contributed by atoms with Gasteiger partial charge in [0, 0.05) is 26.2 Å². The summed E-state index contributed by atoms with van der Waals surface area (Å²) in [5, 5.41) is 8.70. The zero-order valence-corrected chi connectivity index (χ0v) is 12.4. The molecule has 2 heterocycles. The van der Waals surface area contributed by atoms with Gasteiger partial charge >= 0.3 is 12.3 Å².